The predicted molar refractivity (Wildman–Crippen MR) is 215 cm³/mol. The van der Waals surface area contributed by atoms with Crippen molar-refractivity contribution in [2.75, 3.05) is 5.32 Å². The van der Waals surface area contributed by atoms with Gasteiger partial charge in [0.25, 0.3) is 0 Å². The van der Waals surface area contributed by atoms with E-state index in [-0.39, 0.29) is 5.69 Å². The molecule has 9 heteroatoms. The molecule has 1 aliphatic rings. The fraction of sp³-hybridized carbons (Fsp3) is 0.769. The van der Waals surface area contributed by atoms with Gasteiger partial charge in [-0.3, -0.25) is 4.57 Å². The SMILES string of the molecule is CCCCCCCCCCCCCCCCCC(=S)n1c2c([nH]c1=O)-c1ncn(C(=S)CCCCCCCCCCCCC)c1N=CN2. The summed E-state index contributed by atoms with van der Waals surface area (Å²) in [5, 5.41) is 3.20. The number of hydrogen-bond acceptors (Lipinski definition) is 6. The number of imidazole rings is 2. The van der Waals surface area contributed by atoms with Crippen molar-refractivity contribution >= 4 is 52.4 Å². The molecule has 0 unspecified atom stereocenters. The van der Waals surface area contributed by atoms with Crippen LogP contribution in [0.1, 0.15) is 194 Å². The number of hydrogen-bond donors (Lipinski definition) is 2. The first-order chi connectivity index (χ1) is 23.6. The number of fused-ring (bicyclic) bond motifs is 3. The Morgan fingerprint density at radius 1 is 0.625 bits per heavy atom. The van der Waals surface area contributed by atoms with Gasteiger partial charge >= 0.3 is 5.69 Å². The van der Waals surface area contributed by atoms with E-state index >= 15 is 0 Å². The number of aromatic amines is 1. The van der Waals surface area contributed by atoms with Crippen LogP contribution in [0.4, 0.5) is 11.6 Å². The molecule has 7 nitrogen and oxygen atoms in total. The number of anilines is 1. The molecule has 0 spiro atoms. The molecule has 2 aromatic rings. The highest BCUT2D eigenvalue weighted by Gasteiger charge is 2.25. The van der Waals surface area contributed by atoms with Gasteiger partial charge in [-0.15, -0.1) is 0 Å². The van der Waals surface area contributed by atoms with Crippen molar-refractivity contribution in [1.29, 1.82) is 0 Å². The molecule has 3 rings (SSSR count). The molecule has 0 saturated carbocycles. The van der Waals surface area contributed by atoms with Gasteiger partial charge in [-0.05, 0) is 25.7 Å². The van der Waals surface area contributed by atoms with Gasteiger partial charge < -0.3 is 10.3 Å². The monoisotopic (exact) mass is 698 g/mol. The summed E-state index contributed by atoms with van der Waals surface area (Å²) >= 11 is 11.6. The van der Waals surface area contributed by atoms with Crippen molar-refractivity contribution in [3.63, 3.8) is 0 Å². The van der Waals surface area contributed by atoms with E-state index in [1.54, 1.807) is 17.2 Å². The average molecular weight is 699 g/mol. The van der Waals surface area contributed by atoms with Crippen LogP contribution in [0.15, 0.2) is 16.1 Å². The Hall–Kier alpha value is -2.13. The Labute approximate surface area is 302 Å². The number of nitrogens with one attached hydrogen (secondary N) is 2. The van der Waals surface area contributed by atoms with Crippen LogP contribution in [0.5, 0.6) is 0 Å². The first kappa shape index (κ1) is 40.3. The maximum absolute atomic E-state index is 13.1. The second-order valence-corrected chi connectivity index (χ2v) is 14.9. The maximum Gasteiger partial charge on any atom is 0.332 e. The summed E-state index contributed by atoms with van der Waals surface area (Å²) in [5.74, 6) is 1.26. The van der Waals surface area contributed by atoms with Gasteiger partial charge in [-0.1, -0.05) is 192 Å². The van der Waals surface area contributed by atoms with Crippen LogP contribution in [0.25, 0.3) is 11.4 Å². The fourth-order valence-corrected chi connectivity index (χ4v) is 7.38. The van der Waals surface area contributed by atoms with Crippen LogP contribution in [0.2, 0.25) is 0 Å². The van der Waals surface area contributed by atoms with Gasteiger partial charge in [-0.2, -0.15) is 0 Å². The number of H-pyrrole nitrogens is 1. The third-order valence-corrected chi connectivity index (χ3v) is 10.6. The molecular weight excluding hydrogens is 633 g/mol. The summed E-state index contributed by atoms with van der Waals surface area (Å²) in [6.45, 7) is 4.55. The standard InChI is InChI=1S/C39H66N6OS2/c1-3-5-7-9-11-13-15-16-17-18-20-22-24-26-28-30-34(48)45-38-36(43-39(45)46)35-37(40-31-41-38)44(32-42-35)33(47)29-27-25-23-21-19-14-12-10-8-6-4-2/h31-32H,3-30H2,1-2H3,(H,40,41)(H,43,46). The molecule has 270 valence electrons. The quantitative estimate of drug-likeness (QED) is 0.0683. The van der Waals surface area contributed by atoms with Crippen LogP contribution in [0, 0.1) is 0 Å². The van der Waals surface area contributed by atoms with Crippen molar-refractivity contribution in [3.8, 4) is 11.4 Å². The number of aromatic nitrogens is 4. The summed E-state index contributed by atoms with van der Waals surface area (Å²) in [6, 6.07) is 0. The van der Waals surface area contributed by atoms with Crippen LogP contribution in [-0.2, 0) is 0 Å². The van der Waals surface area contributed by atoms with Gasteiger partial charge in [0.05, 0.1) is 16.3 Å². The van der Waals surface area contributed by atoms with E-state index < -0.39 is 0 Å². The van der Waals surface area contributed by atoms with E-state index in [0.717, 1.165) is 30.7 Å². The minimum atomic E-state index is -0.238. The molecule has 2 N–H and O–H groups in total. The van der Waals surface area contributed by atoms with E-state index in [1.807, 2.05) is 4.57 Å². The lowest BCUT2D eigenvalue weighted by molar-refractivity contribution is 0.533. The van der Waals surface area contributed by atoms with Crippen molar-refractivity contribution in [3.05, 3.63) is 16.8 Å². The summed E-state index contributed by atoms with van der Waals surface area (Å²) < 4.78 is 3.47. The average Bonchev–Trinajstić information content (AvgIpc) is 3.60. The van der Waals surface area contributed by atoms with E-state index in [4.69, 9.17) is 24.4 Å². The van der Waals surface area contributed by atoms with Crippen molar-refractivity contribution in [1.82, 2.24) is 19.1 Å². The number of nitrogens with zero attached hydrogens (tertiary/aromatic N) is 4. The summed E-state index contributed by atoms with van der Waals surface area (Å²) in [6.07, 6.45) is 39.2. The Morgan fingerprint density at radius 2 is 1.04 bits per heavy atom. The summed E-state index contributed by atoms with van der Waals surface area (Å²) in [4.78, 5) is 26.8. The second-order valence-electron chi connectivity index (χ2n) is 14.0. The minimum Gasteiger partial charge on any atom is -0.330 e. The molecule has 0 radical (unpaired) electrons. The topological polar surface area (TPSA) is 80.0 Å². The van der Waals surface area contributed by atoms with E-state index in [0.29, 0.717) is 34.4 Å². The molecule has 1 aliphatic heterocycles. The Kier molecular flexibility index (Phi) is 20.9. The van der Waals surface area contributed by atoms with Crippen LogP contribution < -0.4 is 11.0 Å². The molecule has 0 atom stereocenters. The first-order valence-electron chi connectivity index (χ1n) is 19.9. The zero-order valence-corrected chi connectivity index (χ0v) is 32.1. The van der Waals surface area contributed by atoms with Crippen LogP contribution in [0.3, 0.4) is 0 Å². The normalized spacial score (nSPS) is 12.1. The Morgan fingerprint density at radius 3 is 1.50 bits per heavy atom. The molecule has 2 aromatic heterocycles. The Balaban J connectivity index is 1.34. The lowest BCUT2D eigenvalue weighted by atomic mass is 10.0. The van der Waals surface area contributed by atoms with Gasteiger partial charge in [0.1, 0.15) is 23.5 Å². The lowest BCUT2D eigenvalue weighted by Crippen LogP contribution is -2.25. The van der Waals surface area contributed by atoms with Crippen LogP contribution in [-0.4, -0.2) is 35.4 Å². The van der Waals surface area contributed by atoms with Gasteiger partial charge in [0.15, 0.2) is 5.82 Å². The van der Waals surface area contributed by atoms with Gasteiger partial charge in [0, 0.05) is 0 Å². The summed E-state index contributed by atoms with van der Waals surface area (Å²) in [7, 11) is 0. The molecule has 0 aliphatic carbocycles. The number of aliphatic imine (C=N–C) groups is 1. The van der Waals surface area contributed by atoms with Gasteiger partial charge in [0.2, 0.25) is 0 Å². The zero-order chi connectivity index (χ0) is 34.2. The molecule has 0 saturated heterocycles. The Bertz CT molecular complexity index is 1280. The highest BCUT2D eigenvalue weighted by Crippen LogP contribution is 2.34. The van der Waals surface area contributed by atoms with Crippen molar-refractivity contribution < 1.29 is 0 Å². The third-order valence-electron chi connectivity index (χ3n) is 9.77. The lowest BCUT2D eigenvalue weighted by Gasteiger charge is -2.09. The first-order valence-corrected chi connectivity index (χ1v) is 20.7. The molecule has 0 fully saturated rings. The van der Waals surface area contributed by atoms with Crippen LogP contribution >= 0.6 is 24.4 Å². The molecule has 0 amide bonds. The second kappa shape index (κ2) is 24.9. The number of rotatable bonds is 28. The molecule has 48 heavy (non-hydrogen) atoms. The molecule has 0 aromatic carbocycles. The van der Waals surface area contributed by atoms with E-state index in [2.05, 4.69) is 34.1 Å². The molecule has 3 heterocycles. The largest absolute Gasteiger partial charge is 0.332 e. The van der Waals surface area contributed by atoms with Crippen molar-refractivity contribution in [2.45, 2.75) is 194 Å². The van der Waals surface area contributed by atoms with Crippen molar-refractivity contribution in [2.24, 2.45) is 4.99 Å². The number of unbranched alkanes of at least 4 members (excludes halogenated alkanes) is 24. The smallest absolute Gasteiger partial charge is 0.330 e. The third kappa shape index (κ3) is 14.4. The van der Waals surface area contributed by atoms with E-state index in [1.165, 1.54) is 148 Å². The molecule has 0 bridgehead atoms. The zero-order valence-electron chi connectivity index (χ0n) is 30.5. The predicted octanol–water partition coefficient (Wildman–Crippen LogP) is 12.4. The van der Waals surface area contributed by atoms with Gasteiger partial charge in [-0.25, -0.2) is 19.3 Å². The molecular formula is C39H66N6OS2. The highest BCUT2D eigenvalue weighted by molar-refractivity contribution is 7.80. The number of thiocarbonyl (C=S) groups is 2. The highest BCUT2D eigenvalue weighted by atomic mass is 32.1. The van der Waals surface area contributed by atoms with E-state index in [9.17, 15) is 4.79 Å². The maximum atomic E-state index is 13.1. The fourth-order valence-electron chi connectivity index (χ4n) is 6.78. The summed E-state index contributed by atoms with van der Waals surface area (Å²) in [5.41, 5.74) is 0.999. The minimum absolute atomic E-state index is 0.238.